The quantitative estimate of drug-likeness (QED) is 0.848. The molecule has 21 heavy (non-hydrogen) atoms. The van der Waals surface area contributed by atoms with Crippen molar-refractivity contribution in [2.45, 2.75) is 6.42 Å². The van der Waals surface area contributed by atoms with Crippen LogP contribution in [0.2, 0.25) is 0 Å². The summed E-state index contributed by atoms with van der Waals surface area (Å²) in [5, 5.41) is 11.4. The number of hydrogen-bond acceptors (Lipinski definition) is 4. The predicted octanol–water partition coefficient (Wildman–Crippen LogP) is 1.96. The Bertz CT molecular complexity index is 647. The number of hydrogen-bond donors (Lipinski definition) is 2. The zero-order chi connectivity index (χ0) is 15.2. The number of furan rings is 1. The van der Waals surface area contributed by atoms with Crippen LogP contribution >= 0.6 is 0 Å². The molecule has 1 heterocycles. The molecule has 0 saturated heterocycles. The van der Waals surface area contributed by atoms with Crippen LogP contribution in [-0.4, -0.2) is 30.6 Å². The van der Waals surface area contributed by atoms with Gasteiger partial charge in [-0.05, 0) is 18.1 Å². The smallest absolute Gasteiger partial charge is 0.338 e. The van der Waals surface area contributed by atoms with Crippen molar-refractivity contribution in [2.75, 3.05) is 13.7 Å². The first-order valence-electron chi connectivity index (χ1n) is 6.33. The second-order valence-corrected chi connectivity index (χ2v) is 4.32. The first kappa shape index (κ1) is 14.6. The van der Waals surface area contributed by atoms with Gasteiger partial charge in [-0.25, -0.2) is 4.79 Å². The lowest BCUT2D eigenvalue weighted by Gasteiger charge is -2.08. The summed E-state index contributed by atoms with van der Waals surface area (Å²) in [4.78, 5) is 22.5. The second-order valence-electron chi connectivity index (χ2n) is 4.32. The van der Waals surface area contributed by atoms with Crippen molar-refractivity contribution in [3.8, 4) is 5.75 Å². The molecular formula is C15H15NO5. The van der Waals surface area contributed by atoms with Gasteiger partial charge in [0.05, 0.1) is 12.7 Å². The van der Waals surface area contributed by atoms with Gasteiger partial charge in [-0.1, -0.05) is 18.2 Å². The summed E-state index contributed by atoms with van der Waals surface area (Å²) in [6, 6.07) is 8.73. The topological polar surface area (TPSA) is 88.8 Å². The van der Waals surface area contributed by atoms with Crippen molar-refractivity contribution in [1.29, 1.82) is 0 Å². The molecule has 0 aliphatic heterocycles. The van der Waals surface area contributed by atoms with E-state index in [2.05, 4.69) is 5.32 Å². The summed E-state index contributed by atoms with van der Waals surface area (Å²) in [5.74, 6) is -0.838. The SMILES string of the molecule is COc1ccccc1CCNC(=O)c1cc(C(=O)O)co1. The number of carbonyl (C=O) groups excluding carboxylic acids is 1. The monoisotopic (exact) mass is 289 g/mol. The van der Waals surface area contributed by atoms with Crippen LogP contribution in [0.3, 0.4) is 0 Å². The third kappa shape index (κ3) is 3.62. The maximum atomic E-state index is 11.8. The van der Waals surface area contributed by atoms with Crippen LogP contribution in [-0.2, 0) is 6.42 Å². The molecule has 0 aliphatic carbocycles. The fraction of sp³-hybridized carbons (Fsp3) is 0.200. The minimum Gasteiger partial charge on any atom is -0.496 e. The number of amides is 1. The molecule has 1 amide bonds. The van der Waals surface area contributed by atoms with E-state index in [0.717, 1.165) is 17.6 Å². The van der Waals surface area contributed by atoms with Crippen molar-refractivity contribution >= 4 is 11.9 Å². The summed E-state index contributed by atoms with van der Waals surface area (Å²) in [5.41, 5.74) is 0.927. The van der Waals surface area contributed by atoms with E-state index in [1.807, 2.05) is 24.3 Å². The van der Waals surface area contributed by atoms with Crippen LogP contribution in [0.1, 0.15) is 26.5 Å². The molecule has 110 valence electrons. The molecule has 0 unspecified atom stereocenters. The Kier molecular flexibility index (Phi) is 4.61. The Morgan fingerprint density at radius 1 is 1.33 bits per heavy atom. The van der Waals surface area contributed by atoms with Gasteiger partial charge in [0, 0.05) is 12.6 Å². The summed E-state index contributed by atoms with van der Waals surface area (Å²) < 4.78 is 10.1. The lowest BCUT2D eigenvalue weighted by Crippen LogP contribution is -2.25. The number of para-hydroxylation sites is 1. The number of methoxy groups -OCH3 is 1. The Hall–Kier alpha value is -2.76. The number of carboxylic acid groups (broad SMARTS) is 1. The van der Waals surface area contributed by atoms with Crippen LogP contribution in [0, 0.1) is 0 Å². The zero-order valence-corrected chi connectivity index (χ0v) is 11.5. The molecule has 0 bridgehead atoms. The first-order valence-corrected chi connectivity index (χ1v) is 6.33. The van der Waals surface area contributed by atoms with Crippen LogP contribution in [0.5, 0.6) is 5.75 Å². The summed E-state index contributed by atoms with van der Waals surface area (Å²) in [7, 11) is 1.59. The molecule has 2 N–H and O–H groups in total. The number of ether oxygens (including phenoxy) is 1. The summed E-state index contributed by atoms with van der Waals surface area (Å²) >= 11 is 0. The van der Waals surface area contributed by atoms with Gasteiger partial charge in [0.1, 0.15) is 12.0 Å². The first-order chi connectivity index (χ1) is 10.1. The maximum absolute atomic E-state index is 11.8. The van der Waals surface area contributed by atoms with E-state index in [4.69, 9.17) is 14.3 Å². The molecule has 2 rings (SSSR count). The average Bonchev–Trinajstić information content (AvgIpc) is 2.98. The average molecular weight is 289 g/mol. The van der Waals surface area contributed by atoms with E-state index < -0.39 is 11.9 Å². The highest BCUT2D eigenvalue weighted by Crippen LogP contribution is 2.17. The normalized spacial score (nSPS) is 10.1. The van der Waals surface area contributed by atoms with Gasteiger partial charge in [0.2, 0.25) is 0 Å². The standard InChI is InChI=1S/C15H15NO5/c1-20-12-5-3-2-4-10(12)6-7-16-14(17)13-8-11(9-21-13)15(18)19/h2-5,8-9H,6-7H2,1H3,(H,16,17)(H,18,19). The van der Waals surface area contributed by atoms with E-state index in [0.29, 0.717) is 13.0 Å². The number of carboxylic acids is 1. The largest absolute Gasteiger partial charge is 0.496 e. The molecular weight excluding hydrogens is 274 g/mol. The Morgan fingerprint density at radius 2 is 2.10 bits per heavy atom. The molecule has 0 aliphatic rings. The van der Waals surface area contributed by atoms with Crippen molar-refractivity contribution in [2.24, 2.45) is 0 Å². The van der Waals surface area contributed by atoms with Crippen LogP contribution in [0.15, 0.2) is 41.0 Å². The fourth-order valence-electron chi connectivity index (χ4n) is 1.87. The molecule has 0 saturated carbocycles. The van der Waals surface area contributed by atoms with E-state index in [1.165, 1.54) is 6.07 Å². The van der Waals surface area contributed by atoms with Gasteiger partial charge in [0.25, 0.3) is 5.91 Å². The van der Waals surface area contributed by atoms with Gasteiger partial charge < -0.3 is 19.6 Å². The highest BCUT2D eigenvalue weighted by atomic mass is 16.5. The molecule has 0 radical (unpaired) electrons. The second kappa shape index (κ2) is 6.60. The zero-order valence-electron chi connectivity index (χ0n) is 11.5. The van der Waals surface area contributed by atoms with Gasteiger partial charge in [-0.2, -0.15) is 0 Å². The van der Waals surface area contributed by atoms with E-state index >= 15 is 0 Å². The van der Waals surface area contributed by atoms with E-state index in [1.54, 1.807) is 7.11 Å². The molecule has 6 heteroatoms. The Labute approximate surface area is 121 Å². The number of carbonyl (C=O) groups is 2. The van der Waals surface area contributed by atoms with Crippen LogP contribution in [0.4, 0.5) is 0 Å². The van der Waals surface area contributed by atoms with E-state index in [9.17, 15) is 9.59 Å². The lowest BCUT2D eigenvalue weighted by molar-refractivity contribution is 0.0696. The van der Waals surface area contributed by atoms with Crippen molar-refractivity contribution in [1.82, 2.24) is 5.32 Å². The summed E-state index contributed by atoms with van der Waals surface area (Å²) in [6.45, 7) is 0.391. The van der Waals surface area contributed by atoms with Gasteiger partial charge >= 0.3 is 5.97 Å². The van der Waals surface area contributed by atoms with Crippen molar-refractivity contribution in [3.63, 3.8) is 0 Å². The highest BCUT2D eigenvalue weighted by Gasteiger charge is 2.14. The number of aromatic carboxylic acids is 1. The maximum Gasteiger partial charge on any atom is 0.338 e. The minimum atomic E-state index is -1.13. The molecule has 2 aromatic rings. The van der Waals surface area contributed by atoms with E-state index in [-0.39, 0.29) is 11.3 Å². The molecule has 6 nitrogen and oxygen atoms in total. The molecule has 1 aromatic carbocycles. The van der Waals surface area contributed by atoms with Crippen molar-refractivity contribution < 1.29 is 23.8 Å². The van der Waals surface area contributed by atoms with Gasteiger partial charge in [-0.15, -0.1) is 0 Å². The fourth-order valence-corrected chi connectivity index (χ4v) is 1.87. The minimum absolute atomic E-state index is 0.0209. The molecule has 0 atom stereocenters. The third-order valence-corrected chi connectivity index (χ3v) is 2.94. The highest BCUT2D eigenvalue weighted by molar-refractivity contribution is 5.95. The Morgan fingerprint density at radius 3 is 2.76 bits per heavy atom. The number of nitrogens with one attached hydrogen (secondary N) is 1. The number of rotatable bonds is 6. The van der Waals surface area contributed by atoms with Crippen LogP contribution in [0.25, 0.3) is 0 Å². The third-order valence-electron chi connectivity index (χ3n) is 2.94. The summed E-state index contributed by atoms with van der Waals surface area (Å²) in [6.07, 6.45) is 1.64. The van der Waals surface area contributed by atoms with Crippen LogP contribution < -0.4 is 10.1 Å². The Balaban J connectivity index is 1.90. The number of benzene rings is 1. The lowest BCUT2D eigenvalue weighted by atomic mass is 10.1. The van der Waals surface area contributed by atoms with Crippen molar-refractivity contribution in [3.05, 3.63) is 53.5 Å². The molecule has 1 aromatic heterocycles. The molecule has 0 fully saturated rings. The molecule has 0 spiro atoms. The van der Waals surface area contributed by atoms with Gasteiger partial charge in [-0.3, -0.25) is 4.79 Å². The van der Waals surface area contributed by atoms with Gasteiger partial charge in [0.15, 0.2) is 5.76 Å². The predicted molar refractivity (Wildman–Crippen MR) is 74.7 cm³/mol.